The number of hydrogen-bond donors (Lipinski definition) is 2. The molecule has 1 heterocycles. The van der Waals surface area contributed by atoms with Crippen LogP contribution in [-0.4, -0.2) is 14.7 Å². The molecule has 1 unspecified atom stereocenters. The minimum atomic E-state index is -0.0386. The first-order valence-corrected chi connectivity index (χ1v) is 7.40. The molecule has 1 aromatic heterocycles. The molecule has 110 valence electrons. The molecule has 4 nitrogen and oxygen atoms in total. The van der Waals surface area contributed by atoms with Gasteiger partial charge in [-0.15, -0.1) is 0 Å². The number of hydrogen-bond acceptors (Lipinski definition) is 3. The molecule has 0 aliphatic heterocycles. The van der Waals surface area contributed by atoms with E-state index in [1.54, 1.807) is 0 Å². The Hall–Kier alpha value is -1.55. The van der Waals surface area contributed by atoms with Crippen molar-refractivity contribution < 1.29 is 5.11 Å². The normalized spacial score (nSPS) is 13.2. The van der Waals surface area contributed by atoms with E-state index in [9.17, 15) is 5.11 Å². The van der Waals surface area contributed by atoms with Gasteiger partial charge < -0.3 is 15.4 Å². The van der Waals surface area contributed by atoms with Gasteiger partial charge in [0.25, 0.3) is 0 Å². The summed E-state index contributed by atoms with van der Waals surface area (Å²) < 4.78 is 2.15. The van der Waals surface area contributed by atoms with Gasteiger partial charge in [0.05, 0.1) is 11.0 Å². The topological polar surface area (TPSA) is 64.1 Å². The molecule has 2 aromatic rings. The Bertz CT molecular complexity index is 574. The third-order valence-electron chi connectivity index (χ3n) is 3.77. The standard InChI is InChI=1S/C16H25N3O/c1-11(2)5-4-6-12(3)19-15-8-7-13(17)9-14(15)18-16(19)10-20/h7-9,11-12,20H,4-6,10,17H2,1-3H3. The Kier molecular flexibility index (Phi) is 4.65. The second-order valence-electron chi connectivity index (χ2n) is 5.98. The first-order valence-electron chi connectivity index (χ1n) is 7.40. The van der Waals surface area contributed by atoms with Crippen molar-refractivity contribution in [2.75, 3.05) is 5.73 Å². The lowest BCUT2D eigenvalue weighted by atomic mass is 10.0. The van der Waals surface area contributed by atoms with Gasteiger partial charge in [0.15, 0.2) is 0 Å². The number of nitrogens with zero attached hydrogens (tertiary/aromatic N) is 2. The van der Waals surface area contributed by atoms with Crippen LogP contribution in [0.15, 0.2) is 18.2 Å². The number of aromatic nitrogens is 2. The van der Waals surface area contributed by atoms with Crippen LogP contribution in [-0.2, 0) is 6.61 Å². The van der Waals surface area contributed by atoms with Crippen LogP contribution in [0.1, 0.15) is 51.9 Å². The summed E-state index contributed by atoms with van der Waals surface area (Å²) in [5, 5.41) is 9.54. The van der Waals surface area contributed by atoms with Crippen LogP contribution >= 0.6 is 0 Å². The molecule has 0 saturated heterocycles. The van der Waals surface area contributed by atoms with E-state index in [0.717, 1.165) is 29.2 Å². The van der Waals surface area contributed by atoms with E-state index in [-0.39, 0.29) is 6.61 Å². The fraction of sp³-hybridized carbons (Fsp3) is 0.562. The fourth-order valence-electron chi connectivity index (χ4n) is 2.72. The predicted molar refractivity (Wildman–Crippen MR) is 83.5 cm³/mol. The summed E-state index contributed by atoms with van der Waals surface area (Å²) in [4.78, 5) is 4.49. The minimum Gasteiger partial charge on any atom is -0.399 e. The maximum Gasteiger partial charge on any atom is 0.135 e. The highest BCUT2D eigenvalue weighted by molar-refractivity contribution is 5.79. The van der Waals surface area contributed by atoms with Gasteiger partial charge in [-0.25, -0.2) is 4.98 Å². The van der Waals surface area contributed by atoms with Crippen LogP contribution in [0.4, 0.5) is 5.69 Å². The lowest BCUT2D eigenvalue weighted by Crippen LogP contribution is -2.10. The summed E-state index contributed by atoms with van der Waals surface area (Å²) in [6, 6.07) is 6.09. The van der Waals surface area contributed by atoms with Gasteiger partial charge in [-0.3, -0.25) is 0 Å². The van der Waals surface area contributed by atoms with Crippen molar-refractivity contribution in [3.63, 3.8) is 0 Å². The molecule has 1 aromatic carbocycles. The monoisotopic (exact) mass is 275 g/mol. The Morgan fingerprint density at radius 3 is 2.65 bits per heavy atom. The zero-order chi connectivity index (χ0) is 14.7. The van der Waals surface area contributed by atoms with Crippen LogP contribution < -0.4 is 5.73 Å². The Morgan fingerprint density at radius 2 is 2.00 bits per heavy atom. The summed E-state index contributed by atoms with van der Waals surface area (Å²) in [7, 11) is 0. The van der Waals surface area contributed by atoms with E-state index in [4.69, 9.17) is 5.73 Å². The van der Waals surface area contributed by atoms with Crippen molar-refractivity contribution in [1.82, 2.24) is 9.55 Å². The summed E-state index contributed by atoms with van der Waals surface area (Å²) >= 11 is 0. The fourth-order valence-corrected chi connectivity index (χ4v) is 2.72. The molecule has 3 N–H and O–H groups in total. The van der Waals surface area contributed by atoms with Gasteiger partial charge in [0.1, 0.15) is 12.4 Å². The van der Waals surface area contributed by atoms with Crippen molar-refractivity contribution in [3.8, 4) is 0 Å². The molecule has 0 fully saturated rings. The minimum absolute atomic E-state index is 0.0386. The summed E-state index contributed by atoms with van der Waals surface area (Å²) in [6.45, 7) is 6.65. The number of anilines is 1. The molecule has 0 bridgehead atoms. The maximum atomic E-state index is 9.54. The van der Waals surface area contributed by atoms with Crippen LogP contribution in [0.5, 0.6) is 0 Å². The SMILES string of the molecule is CC(C)CCCC(C)n1c(CO)nc2cc(N)ccc21. The summed E-state index contributed by atoms with van der Waals surface area (Å²) in [5.74, 6) is 1.46. The zero-order valence-electron chi connectivity index (χ0n) is 12.6. The van der Waals surface area contributed by atoms with E-state index in [2.05, 4.69) is 30.3 Å². The van der Waals surface area contributed by atoms with Gasteiger partial charge >= 0.3 is 0 Å². The molecule has 0 saturated carbocycles. The van der Waals surface area contributed by atoms with Crippen LogP contribution in [0.3, 0.4) is 0 Å². The lowest BCUT2D eigenvalue weighted by molar-refractivity contribution is 0.261. The Morgan fingerprint density at radius 1 is 1.25 bits per heavy atom. The average molecular weight is 275 g/mol. The highest BCUT2D eigenvalue weighted by Gasteiger charge is 2.15. The largest absolute Gasteiger partial charge is 0.399 e. The van der Waals surface area contributed by atoms with Crippen LogP contribution in [0.25, 0.3) is 11.0 Å². The first-order chi connectivity index (χ1) is 9.52. The number of aliphatic hydroxyl groups excluding tert-OH is 1. The van der Waals surface area contributed by atoms with Crippen molar-refractivity contribution in [2.24, 2.45) is 5.92 Å². The summed E-state index contributed by atoms with van der Waals surface area (Å²) in [6.07, 6.45) is 3.53. The summed E-state index contributed by atoms with van der Waals surface area (Å²) in [5.41, 5.74) is 8.43. The van der Waals surface area contributed by atoms with E-state index in [0.29, 0.717) is 11.7 Å². The highest BCUT2D eigenvalue weighted by Crippen LogP contribution is 2.26. The molecule has 1 atom stereocenters. The smallest absolute Gasteiger partial charge is 0.135 e. The number of nitrogen functional groups attached to an aromatic ring is 1. The Balaban J connectivity index is 2.27. The zero-order valence-corrected chi connectivity index (χ0v) is 12.6. The molecule has 0 aliphatic carbocycles. The number of rotatable bonds is 6. The highest BCUT2D eigenvalue weighted by atomic mass is 16.3. The predicted octanol–water partition coefficient (Wildman–Crippen LogP) is 3.50. The van der Waals surface area contributed by atoms with Crippen molar-refractivity contribution in [1.29, 1.82) is 0 Å². The Labute approximate surface area is 120 Å². The van der Waals surface area contributed by atoms with E-state index in [1.807, 2.05) is 18.2 Å². The second kappa shape index (κ2) is 6.27. The number of benzene rings is 1. The second-order valence-corrected chi connectivity index (χ2v) is 5.98. The van der Waals surface area contributed by atoms with Crippen molar-refractivity contribution in [3.05, 3.63) is 24.0 Å². The molecule has 0 aliphatic rings. The van der Waals surface area contributed by atoms with E-state index in [1.165, 1.54) is 12.8 Å². The molecule has 0 amide bonds. The number of fused-ring (bicyclic) bond motifs is 1. The molecule has 2 rings (SSSR count). The van der Waals surface area contributed by atoms with Crippen molar-refractivity contribution in [2.45, 2.75) is 52.7 Å². The number of aliphatic hydroxyl groups is 1. The van der Waals surface area contributed by atoms with Gasteiger partial charge in [-0.1, -0.05) is 26.7 Å². The van der Waals surface area contributed by atoms with Gasteiger partial charge in [0.2, 0.25) is 0 Å². The third kappa shape index (κ3) is 3.12. The molecule has 4 heteroatoms. The van der Waals surface area contributed by atoms with Crippen LogP contribution in [0, 0.1) is 5.92 Å². The van der Waals surface area contributed by atoms with Gasteiger partial charge in [-0.2, -0.15) is 0 Å². The van der Waals surface area contributed by atoms with Crippen molar-refractivity contribution >= 4 is 16.7 Å². The molecule has 0 radical (unpaired) electrons. The maximum absolute atomic E-state index is 9.54. The molecular formula is C16H25N3O. The lowest BCUT2D eigenvalue weighted by Gasteiger charge is -2.17. The number of imidazole rings is 1. The van der Waals surface area contributed by atoms with Gasteiger partial charge in [-0.05, 0) is 37.5 Å². The van der Waals surface area contributed by atoms with E-state index >= 15 is 0 Å². The number of nitrogens with two attached hydrogens (primary N) is 1. The molecule has 20 heavy (non-hydrogen) atoms. The average Bonchev–Trinajstić information content (AvgIpc) is 2.75. The van der Waals surface area contributed by atoms with E-state index < -0.39 is 0 Å². The third-order valence-corrected chi connectivity index (χ3v) is 3.77. The van der Waals surface area contributed by atoms with Crippen LogP contribution in [0.2, 0.25) is 0 Å². The quantitative estimate of drug-likeness (QED) is 0.793. The van der Waals surface area contributed by atoms with Gasteiger partial charge in [0, 0.05) is 11.7 Å². The molecular weight excluding hydrogens is 250 g/mol. The molecule has 0 spiro atoms. The first kappa shape index (κ1) is 14.9.